The Bertz CT molecular complexity index is 539. The number of benzene rings is 1. The van der Waals surface area contributed by atoms with Crippen molar-refractivity contribution in [1.82, 2.24) is 9.78 Å². The van der Waals surface area contributed by atoms with Crippen molar-refractivity contribution in [3.05, 3.63) is 53.2 Å². The van der Waals surface area contributed by atoms with Gasteiger partial charge in [-0.1, -0.05) is 17.2 Å². The Morgan fingerprint density at radius 3 is 2.67 bits per heavy atom. The van der Waals surface area contributed by atoms with Gasteiger partial charge in [0.1, 0.15) is 6.61 Å². The highest BCUT2D eigenvalue weighted by atomic mass is 35.5. The van der Waals surface area contributed by atoms with Crippen LogP contribution in [-0.2, 0) is 0 Å². The maximum atomic E-state index is 5.84. The average molecular weight is 263 g/mol. The van der Waals surface area contributed by atoms with Crippen LogP contribution < -0.4 is 4.74 Å². The average Bonchev–Trinajstić information content (AvgIpc) is 2.78. The number of nitrogens with zero attached hydrogens (tertiary/aromatic N) is 2. The summed E-state index contributed by atoms with van der Waals surface area (Å²) in [5.74, 6) is 0.613. The molecule has 1 heterocycles. The van der Waals surface area contributed by atoms with Crippen molar-refractivity contribution in [2.45, 2.75) is 13.8 Å². The molecular weight excluding hydrogens is 248 g/mol. The van der Waals surface area contributed by atoms with Crippen molar-refractivity contribution >= 4 is 11.6 Å². The second kappa shape index (κ2) is 5.74. The fraction of sp³-hybridized carbons (Fsp3) is 0.214. The minimum absolute atomic E-state index is 0.542. The van der Waals surface area contributed by atoms with E-state index in [-0.39, 0.29) is 0 Å². The molecule has 18 heavy (non-hydrogen) atoms. The van der Waals surface area contributed by atoms with Crippen molar-refractivity contribution in [2.75, 3.05) is 6.61 Å². The molecule has 0 spiro atoms. The maximum Gasteiger partial charge on any atom is 0.233 e. The largest absolute Gasteiger partial charge is 0.472 e. The quantitative estimate of drug-likeness (QED) is 0.782. The van der Waals surface area contributed by atoms with Gasteiger partial charge in [-0.2, -0.15) is 0 Å². The van der Waals surface area contributed by atoms with Crippen LogP contribution in [0.3, 0.4) is 0 Å². The summed E-state index contributed by atoms with van der Waals surface area (Å²) in [4.78, 5) is 0. The third-order valence-electron chi connectivity index (χ3n) is 2.38. The van der Waals surface area contributed by atoms with Gasteiger partial charge >= 0.3 is 0 Å². The first-order valence-corrected chi connectivity index (χ1v) is 6.11. The molecule has 0 saturated heterocycles. The summed E-state index contributed by atoms with van der Waals surface area (Å²) in [6, 6.07) is 9.34. The molecule has 0 radical (unpaired) electrons. The molecule has 0 saturated carbocycles. The standard InChI is InChI=1S/C14H15ClN2O/c1-11(2)8-10-18-14-7-9-17(16-14)13-5-3-12(15)4-6-13/h3-9H,10H2,1-2H3. The minimum Gasteiger partial charge on any atom is -0.472 e. The second-order valence-electron chi connectivity index (χ2n) is 4.17. The van der Waals surface area contributed by atoms with Crippen LogP contribution >= 0.6 is 11.6 Å². The summed E-state index contributed by atoms with van der Waals surface area (Å²) in [6.45, 7) is 4.62. The Morgan fingerprint density at radius 1 is 1.28 bits per heavy atom. The van der Waals surface area contributed by atoms with Gasteiger partial charge < -0.3 is 4.74 Å². The highest BCUT2D eigenvalue weighted by Crippen LogP contribution is 2.15. The van der Waals surface area contributed by atoms with Crippen LogP contribution in [0.2, 0.25) is 5.02 Å². The van der Waals surface area contributed by atoms with E-state index in [9.17, 15) is 0 Å². The smallest absolute Gasteiger partial charge is 0.233 e. The number of hydrogen-bond donors (Lipinski definition) is 0. The first-order valence-electron chi connectivity index (χ1n) is 5.73. The summed E-state index contributed by atoms with van der Waals surface area (Å²) < 4.78 is 7.27. The Morgan fingerprint density at radius 2 is 2.00 bits per heavy atom. The third-order valence-corrected chi connectivity index (χ3v) is 2.63. The van der Waals surface area contributed by atoms with Gasteiger partial charge in [-0.05, 0) is 44.2 Å². The van der Waals surface area contributed by atoms with Gasteiger partial charge in [0.2, 0.25) is 5.88 Å². The van der Waals surface area contributed by atoms with Crippen LogP contribution in [0.15, 0.2) is 48.2 Å². The molecule has 0 aliphatic heterocycles. The molecule has 0 bridgehead atoms. The van der Waals surface area contributed by atoms with E-state index in [1.165, 1.54) is 5.57 Å². The molecule has 1 aromatic heterocycles. The molecule has 0 fully saturated rings. The maximum absolute atomic E-state index is 5.84. The molecule has 0 amide bonds. The lowest BCUT2D eigenvalue weighted by Crippen LogP contribution is -1.98. The van der Waals surface area contributed by atoms with E-state index in [1.54, 1.807) is 4.68 Å². The summed E-state index contributed by atoms with van der Waals surface area (Å²) in [5.41, 5.74) is 2.18. The number of aromatic nitrogens is 2. The lowest BCUT2D eigenvalue weighted by Gasteiger charge is -2.01. The van der Waals surface area contributed by atoms with Crippen LogP contribution in [0.1, 0.15) is 13.8 Å². The first kappa shape index (κ1) is 12.7. The molecular formula is C14H15ClN2O. The van der Waals surface area contributed by atoms with Gasteiger partial charge in [0.05, 0.1) is 5.69 Å². The number of hydrogen-bond acceptors (Lipinski definition) is 2. The Labute approximate surface area is 112 Å². The van der Waals surface area contributed by atoms with Gasteiger partial charge in [0.25, 0.3) is 0 Å². The molecule has 4 heteroatoms. The first-order chi connectivity index (χ1) is 8.65. The van der Waals surface area contributed by atoms with Crippen LogP contribution in [-0.4, -0.2) is 16.4 Å². The predicted octanol–water partition coefficient (Wildman–Crippen LogP) is 3.87. The number of ether oxygens (including phenoxy) is 1. The molecule has 0 unspecified atom stereocenters. The summed E-state index contributed by atoms with van der Waals surface area (Å²) in [6.07, 6.45) is 3.88. The summed E-state index contributed by atoms with van der Waals surface area (Å²) in [7, 11) is 0. The summed E-state index contributed by atoms with van der Waals surface area (Å²) in [5, 5.41) is 5.04. The van der Waals surface area contributed by atoms with E-state index in [0.717, 1.165) is 5.69 Å². The van der Waals surface area contributed by atoms with Gasteiger partial charge in [-0.25, -0.2) is 4.68 Å². The van der Waals surface area contributed by atoms with E-state index in [1.807, 2.05) is 56.5 Å². The zero-order chi connectivity index (χ0) is 13.0. The zero-order valence-electron chi connectivity index (χ0n) is 10.4. The van der Waals surface area contributed by atoms with Crippen molar-refractivity contribution < 1.29 is 4.74 Å². The minimum atomic E-state index is 0.542. The highest BCUT2D eigenvalue weighted by molar-refractivity contribution is 6.30. The fourth-order valence-corrected chi connectivity index (χ4v) is 1.54. The van der Waals surface area contributed by atoms with E-state index in [4.69, 9.17) is 16.3 Å². The zero-order valence-corrected chi connectivity index (χ0v) is 11.2. The lowest BCUT2D eigenvalue weighted by molar-refractivity contribution is 0.345. The fourth-order valence-electron chi connectivity index (χ4n) is 1.42. The van der Waals surface area contributed by atoms with E-state index < -0.39 is 0 Å². The van der Waals surface area contributed by atoms with Crippen molar-refractivity contribution in [1.29, 1.82) is 0 Å². The van der Waals surface area contributed by atoms with Gasteiger partial charge in [0, 0.05) is 17.3 Å². The normalized spacial score (nSPS) is 10.2. The number of rotatable bonds is 4. The molecule has 94 valence electrons. The summed E-state index contributed by atoms with van der Waals surface area (Å²) >= 11 is 5.84. The van der Waals surface area contributed by atoms with E-state index in [2.05, 4.69) is 5.10 Å². The monoisotopic (exact) mass is 262 g/mol. The number of halogens is 1. The SMILES string of the molecule is CC(C)=CCOc1ccn(-c2ccc(Cl)cc2)n1. The molecule has 0 aliphatic rings. The molecule has 2 aromatic rings. The van der Waals surface area contributed by atoms with E-state index >= 15 is 0 Å². The van der Waals surface area contributed by atoms with Crippen LogP contribution in [0.25, 0.3) is 5.69 Å². The lowest BCUT2D eigenvalue weighted by atomic mass is 10.3. The highest BCUT2D eigenvalue weighted by Gasteiger charge is 2.01. The topological polar surface area (TPSA) is 27.1 Å². The van der Waals surface area contributed by atoms with Crippen LogP contribution in [0.5, 0.6) is 5.88 Å². The molecule has 3 nitrogen and oxygen atoms in total. The predicted molar refractivity (Wildman–Crippen MR) is 73.5 cm³/mol. The Balaban J connectivity index is 2.06. The molecule has 0 N–H and O–H groups in total. The van der Waals surface area contributed by atoms with Gasteiger partial charge in [-0.3, -0.25) is 0 Å². The third kappa shape index (κ3) is 3.37. The van der Waals surface area contributed by atoms with Crippen molar-refractivity contribution in [3.8, 4) is 11.6 Å². The molecule has 1 aromatic carbocycles. The van der Waals surface area contributed by atoms with Gasteiger partial charge in [0.15, 0.2) is 0 Å². The Hall–Kier alpha value is -1.74. The van der Waals surface area contributed by atoms with E-state index in [0.29, 0.717) is 17.5 Å². The van der Waals surface area contributed by atoms with Crippen molar-refractivity contribution in [2.24, 2.45) is 0 Å². The number of allylic oxidation sites excluding steroid dienone is 1. The van der Waals surface area contributed by atoms with Crippen LogP contribution in [0.4, 0.5) is 0 Å². The van der Waals surface area contributed by atoms with Gasteiger partial charge in [-0.15, -0.1) is 5.10 Å². The second-order valence-corrected chi connectivity index (χ2v) is 4.60. The molecule has 2 rings (SSSR count). The Kier molecular flexibility index (Phi) is 4.05. The van der Waals surface area contributed by atoms with Crippen LogP contribution in [0, 0.1) is 0 Å². The molecule has 0 aliphatic carbocycles. The molecule has 0 atom stereocenters. The van der Waals surface area contributed by atoms with Crippen molar-refractivity contribution in [3.63, 3.8) is 0 Å².